The molecule has 19 heavy (non-hydrogen) atoms. The molecule has 1 aromatic rings. The Hall–Kier alpha value is -0.900. The molecular weight excluding hydrogens is 309 g/mol. The van der Waals surface area contributed by atoms with Gasteiger partial charge in [-0.1, -0.05) is 29.8 Å². The summed E-state index contributed by atoms with van der Waals surface area (Å²) in [5.74, 6) is -0.224. The van der Waals surface area contributed by atoms with Gasteiger partial charge >= 0.3 is 0 Å². The zero-order valence-electron chi connectivity index (χ0n) is 11.3. The fraction of sp³-hybridized carbons (Fsp3) is 0.533. The normalized spacial score (nSPS) is 19.8. The van der Waals surface area contributed by atoms with Crippen LogP contribution < -0.4 is 0 Å². The van der Waals surface area contributed by atoms with Gasteiger partial charge in [-0.2, -0.15) is 0 Å². The molecule has 0 spiro atoms. The maximum Gasteiger partial charge on any atom is 0.257 e. The van der Waals surface area contributed by atoms with E-state index >= 15 is 0 Å². The number of likely N-dealkylation sites (tertiary alicyclic amines) is 1. The average Bonchev–Trinajstić information content (AvgIpc) is 2.40. The molecule has 1 amide bonds. The van der Waals surface area contributed by atoms with E-state index in [1.165, 1.54) is 6.07 Å². The van der Waals surface area contributed by atoms with Crippen molar-refractivity contribution in [2.75, 3.05) is 6.54 Å². The van der Waals surface area contributed by atoms with Crippen molar-refractivity contribution in [2.45, 2.75) is 39.2 Å². The fourth-order valence-corrected chi connectivity index (χ4v) is 3.08. The first-order valence-electron chi connectivity index (χ1n) is 6.76. The Balaban J connectivity index is 2.28. The van der Waals surface area contributed by atoms with Crippen molar-refractivity contribution in [3.8, 4) is 0 Å². The minimum Gasteiger partial charge on any atom is -0.335 e. The molecule has 1 aliphatic rings. The molecule has 2 nitrogen and oxygen atoms in total. The molecule has 1 aromatic carbocycles. The summed E-state index contributed by atoms with van der Waals surface area (Å²) in [5.41, 5.74) is 0.168. The van der Waals surface area contributed by atoms with Gasteiger partial charge in [0.15, 0.2) is 0 Å². The van der Waals surface area contributed by atoms with Crippen molar-refractivity contribution in [2.24, 2.45) is 5.92 Å². The first-order chi connectivity index (χ1) is 9.00. The molecule has 0 saturated carbocycles. The maximum atomic E-state index is 13.8. The Kier molecular flexibility index (Phi) is 4.61. The van der Waals surface area contributed by atoms with Crippen molar-refractivity contribution >= 4 is 21.8 Å². The van der Waals surface area contributed by atoms with E-state index in [1.807, 2.05) is 4.90 Å². The topological polar surface area (TPSA) is 20.3 Å². The first kappa shape index (κ1) is 14.5. The summed E-state index contributed by atoms with van der Waals surface area (Å²) < 4.78 is 14.6. The van der Waals surface area contributed by atoms with Crippen LogP contribution in [0.15, 0.2) is 22.7 Å². The standard InChI is InChI=1S/C15H19BrFNO/c1-10(2)14-5-3-4-8-18(14)15(19)12-9-11(16)6-7-13(12)17/h6-7,9-10,14H,3-5,8H2,1-2H3. The molecule has 104 valence electrons. The highest BCUT2D eigenvalue weighted by Gasteiger charge is 2.30. The summed E-state index contributed by atoms with van der Waals surface area (Å²) in [7, 11) is 0. The third-order valence-electron chi connectivity index (χ3n) is 3.74. The number of halogens is 2. The molecule has 1 heterocycles. The van der Waals surface area contributed by atoms with Gasteiger partial charge in [-0.05, 0) is 43.4 Å². The van der Waals surface area contributed by atoms with Gasteiger partial charge in [0.2, 0.25) is 0 Å². The lowest BCUT2D eigenvalue weighted by Gasteiger charge is -2.38. The lowest BCUT2D eigenvalue weighted by molar-refractivity contribution is 0.0538. The summed E-state index contributed by atoms with van der Waals surface area (Å²) in [6, 6.07) is 4.75. The first-order valence-corrected chi connectivity index (χ1v) is 7.56. The van der Waals surface area contributed by atoms with Gasteiger partial charge in [0.1, 0.15) is 5.82 Å². The van der Waals surface area contributed by atoms with Crippen LogP contribution in [0.25, 0.3) is 0 Å². The number of carbonyl (C=O) groups is 1. The van der Waals surface area contributed by atoms with Gasteiger partial charge in [-0.3, -0.25) is 4.79 Å². The Morgan fingerprint density at radius 2 is 2.16 bits per heavy atom. The highest BCUT2D eigenvalue weighted by atomic mass is 79.9. The van der Waals surface area contributed by atoms with E-state index in [1.54, 1.807) is 12.1 Å². The quantitative estimate of drug-likeness (QED) is 0.795. The lowest BCUT2D eigenvalue weighted by Crippen LogP contribution is -2.46. The second-order valence-corrected chi connectivity index (χ2v) is 6.35. The third-order valence-corrected chi connectivity index (χ3v) is 4.23. The molecule has 2 rings (SSSR count). The minimum absolute atomic E-state index is 0.168. The van der Waals surface area contributed by atoms with Gasteiger partial charge < -0.3 is 4.90 Å². The fourth-order valence-electron chi connectivity index (χ4n) is 2.72. The van der Waals surface area contributed by atoms with Crippen LogP contribution in [0.2, 0.25) is 0 Å². The second-order valence-electron chi connectivity index (χ2n) is 5.43. The van der Waals surface area contributed by atoms with Crippen LogP contribution in [-0.4, -0.2) is 23.4 Å². The van der Waals surface area contributed by atoms with Gasteiger partial charge in [-0.25, -0.2) is 4.39 Å². The van der Waals surface area contributed by atoms with Gasteiger partial charge in [0, 0.05) is 17.1 Å². The predicted molar refractivity (Wildman–Crippen MR) is 77.6 cm³/mol. The molecule has 1 fully saturated rings. The van der Waals surface area contributed by atoms with Crippen LogP contribution in [0.5, 0.6) is 0 Å². The number of nitrogens with zero attached hydrogens (tertiary/aromatic N) is 1. The molecule has 0 aromatic heterocycles. The SMILES string of the molecule is CC(C)C1CCCCN1C(=O)c1cc(Br)ccc1F. The molecule has 0 radical (unpaired) electrons. The van der Waals surface area contributed by atoms with E-state index in [4.69, 9.17) is 0 Å². The molecule has 1 saturated heterocycles. The van der Waals surface area contributed by atoms with Crippen molar-refractivity contribution in [3.63, 3.8) is 0 Å². The molecule has 1 unspecified atom stereocenters. The Bertz CT molecular complexity index is 475. The number of benzene rings is 1. The Morgan fingerprint density at radius 3 is 2.84 bits per heavy atom. The summed E-state index contributed by atoms with van der Waals surface area (Å²) in [5, 5.41) is 0. The van der Waals surface area contributed by atoms with E-state index in [0.717, 1.165) is 30.3 Å². The largest absolute Gasteiger partial charge is 0.335 e. The zero-order chi connectivity index (χ0) is 14.0. The number of hydrogen-bond acceptors (Lipinski definition) is 1. The van der Waals surface area contributed by atoms with Crippen molar-refractivity contribution in [1.82, 2.24) is 4.90 Å². The van der Waals surface area contributed by atoms with Gasteiger partial charge in [-0.15, -0.1) is 0 Å². The van der Waals surface area contributed by atoms with E-state index in [2.05, 4.69) is 29.8 Å². The number of carbonyl (C=O) groups excluding carboxylic acids is 1. The monoisotopic (exact) mass is 327 g/mol. The van der Waals surface area contributed by atoms with E-state index in [9.17, 15) is 9.18 Å². The van der Waals surface area contributed by atoms with Crippen LogP contribution in [0, 0.1) is 11.7 Å². The zero-order valence-corrected chi connectivity index (χ0v) is 12.9. The summed E-state index contributed by atoms with van der Waals surface area (Å²) >= 11 is 3.30. The van der Waals surface area contributed by atoms with Crippen molar-refractivity contribution in [1.29, 1.82) is 0 Å². The van der Waals surface area contributed by atoms with Crippen LogP contribution in [0.1, 0.15) is 43.5 Å². The average molecular weight is 328 g/mol. The van der Waals surface area contributed by atoms with Crippen molar-refractivity contribution in [3.05, 3.63) is 34.1 Å². The predicted octanol–water partition coefficient (Wildman–Crippen LogP) is 4.24. The molecule has 0 aliphatic carbocycles. The summed E-state index contributed by atoms with van der Waals surface area (Å²) in [6.45, 7) is 4.97. The van der Waals surface area contributed by atoms with Gasteiger partial charge in [0.05, 0.1) is 5.56 Å². The van der Waals surface area contributed by atoms with Crippen LogP contribution >= 0.6 is 15.9 Å². The molecule has 4 heteroatoms. The number of hydrogen-bond donors (Lipinski definition) is 0. The van der Waals surface area contributed by atoms with E-state index < -0.39 is 5.82 Å². The molecule has 0 N–H and O–H groups in total. The van der Waals surface area contributed by atoms with Crippen LogP contribution in [-0.2, 0) is 0 Å². The van der Waals surface area contributed by atoms with E-state index in [-0.39, 0.29) is 17.5 Å². The second kappa shape index (κ2) is 6.04. The lowest BCUT2D eigenvalue weighted by atomic mass is 9.92. The molecule has 0 bridgehead atoms. The Morgan fingerprint density at radius 1 is 1.42 bits per heavy atom. The van der Waals surface area contributed by atoms with Crippen LogP contribution in [0.4, 0.5) is 4.39 Å². The van der Waals surface area contributed by atoms with Crippen molar-refractivity contribution < 1.29 is 9.18 Å². The molecule has 1 atom stereocenters. The number of rotatable bonds is 2. The Labute approximate surface area is 122 Å². The third kappa shape index (κ3) is 3.16. The highest BCUT2D eigenvalue weighted by molar-refractivity contribution is 9.10. The highest BCUT2D eigenvalue weighted by Crippen LogP contribution is 2.26. The van der Waals surface area contributed by atoms with Crippen LogP contribution in [0.3, 0.4) is 0 Å². The number of amides is 1. The summed E-state index contributed by atoms with van der Waals surface area (Å²) in [6.07, 6.45) is 3.16. The van der Waals surface area contributed by atoms with E-state index in [0.29, 0.717) is 5.92 Å². The van der Waals surface area contributed by atoms with Gasteiger partial charge in [0.25, 0.3) is 5.91 Å². The smallest absolute Gasteiger partial charge is 0.257 e. The maximum absolute atomic E-state index is 13.8. The number of piperidine rings is 1. The molecule has 1 aliphatic heterocycles. The summed E-state index contributed by atoms with van der Waals surface area (Å²) in [4.78, 5) is 14.4. The minimum atomic E-state index is -0.443. The molecular formula is C15H19BrFNO.